The molecule has 0 saturated heterocycles. The molecule has 0 heterocycles. The van der Waals surface area contributed by atoms with Crippen molar-refractivity contribution in [2.75, 3.05) is 13.2 Å². The van der Waals surface area contributed by atoms with Crippen LogP contribution in [0.2, 0.25) is 0 Å². The van der Waals surface area contributed by atoms with Gasteiger partial charge in [0.25, 0.3) is 5.91 Å². The smallest absolute Gasteiger partial charge is 0.261 e. The van der Waals surface area contributed by atoms with Gasteiger partial charge in [-0.05, 0) is 54.9 Å². The number of carbonyl (C=O) groups is 2. The van der Waals surface area contributed by atoms with E-state index in [4.69, 9.17) is 4.74 Å². The van der Waals surface area contributed by atoms with Crippen molar-refractivity contribution in [2.45, 2.75) is 78.3 Å². The van der Waals surface area contributed by atoms with Crippen LogP contribution in [0, 0.1) is 0 Å². The summed E-state index contributed by atoms with van der Waals surface area (Å²) in [4.78, 5) is 27.9. The second-order valence-electron chi connectivity index (χ2n) is 9.63. The number of nitrogens with one attached hydrogen (secondary N) is 1. The van der Waals surface area contributed by atoms with E-state index in [1.165, 1.54) is 5.56 Å². The van der Waals surface area contributed by atoms with Gasteiger partial charge in [-0.1, -0.05) is 77.1 Å². The van der Waals surface area contributed by atoms with E-state index in [1.54, 1.807) is 4.90 Å². The molecule has 2 rings (SSSR count). The van der Waals surface area contributed by atoms with Gasteiger partial charge in [0.1, 0.15) is 11.8 Å². The van der Waals surface area contributed by atoms with Gasteiger partial charge >= 0.3 is 0 Å². The Morgan fingerprint density at radius 1 is 0.970 bits per heavy atom. The quantitative estimate of drug-likeness (QED) is 0.514. The molecule has 0 aliphatic rings. The molecule has 0 aromatic heterocycles. The third-order valence-electron chi connectivity index (χ3n) is 5.95. The summed E-state index contributed by atoms with van der Waals surface area (Å²) in [6.07, 6.45) is 2.07. The van der Waals surface area contributed by atoms with E-state index in [1.807, 2.05) is 75.4 Å². The molecule has 0 fully saturated rings. The zero-order chi connectivity index (χ0) is 24.4. The Morgan fingerprint density at radius 2 is 1.61 bits per heavy atom. The molecule has 0 spiro atoms. The fraction of sp³-hybridized carbons (Fsp3) is 0.500. The fourth-order valence-corrected chi connectivity index (χ4v) is 3.62. The molecule has 0 bridgehead atoms. The van der Waals surface area contributed by atoms with Crippen LogP contribution in [0.4, 0.5) is 0 Å². The molecule has 2 aromatic rings. The minimum atomic E-state index is -0.526. The second-order valence-corrected chi connectivity index (χ2v) is 9.63. The van der Waals surface area contributed by atoms with E-state index >= 15 is 0 Å². The molecule has 180 valence electrons. The first-order chi connectivity index (χ1) is 15.7. The van der Waals surface area contributed by atoms with E-state index in [-0.39, 0.29) is 29.9 Å². The molecular weight excluding hydrogens is 412 g/mol. The van der Waals surface area contributed by atoms with Gasteiger partial charge in [0, 0.05) is 12.6 Å². The zero-order valence-electron chi connectivity index (χ0n) is 21.1. The molecule has 2 amide bonds. The zero-order valence-corrected chi connectivity index (χ0v) is 21.1. The van der Waals surface area contributed by atoms with Crippen molar-refractivity contribution >= 4 is 11.8 Å². The average Bonchev–Trinajstić information content (AvgIpc) is 2.80. The number of nitrogens with zero attached hydrogens (tertiary/aromatic N) is 1. The number of hydrogen-bond donors (Lipinski definition) is 1. The van der Waals surface area contributed by atoms with Crippen molar-refractivity contribution in [3.05, 3.63) is 65.7 Å². The van der Waals surface area contributed by atoms with Gasteiger partial charge in [-0.15, -0.1) is 0 Å². The number of ether oxygens (including phenoxy) is 1. The SMILES string of the molecule is CCC(C)NC(=O)C(CC)N(CCc1ccccc1)C(=O)COc1ccc(C(C)(C)C)cc1. The molecule has 0 saturated carbocycles. The van der Waals surface area contributed by atoms with Gasteiger partial charge < -0.3 is 15.0 Å². The molecule has 5 heteroatoms. The Labute approximate surface area is 199 Å². The normalized spacial score (nSPS) is 13.2. The molecule has 0 radical (unpaired) electrons. The van der Waals surface area contributed by atoms with Gasteiger partial charge in [0.2, 0.25) is 5.91 Å². The summed E-state index contributed by atoms with van der Waals surface area (Å²) >= 11 is 0. The standard InChI is InChI=1S/C28H40N2O3/c1-7-21(3)29-27(32)25(8-2)30(19-18-22-12-10-9-11-13-22)26(31)20-33-24-16-14-23(15-17-24)28(4,5)6/h9-17,21,25H,7-8,18-20H2,1-6H3,(H,29,32). The third-order valence-corrected chi connectivity index (χ3v) is 5.95. The van der Waals surface area contributed by atoms with E-state index in [9.17, 15) is 9.59 Å². The van der Waals surface area contributed by atoms with Gasteiger partial charge in [-0.2, -0.15) is 0 Å². The van der Waals surface area contributed by atoms with Crippen LogP contribution in [0.25, 0.3) is 0 Å². The maximum Gasteiger partial charge on any atom is 0.261 e. The molecule has 5 nitrogen and oxygen atoms in total. The number of benzene rings is 2. The highest BCUT2D eigenvalue weighted by molar-refractivity contribution is 5.88. The van der Waals surface area contributed by atoms with Crippen LogP contribution in [0.15, 0.2) is 54.6 Å². The van der Waals surface area contributed by atoms with Gasteiger partial charge in [-0.25, -0.2) is 0 Å². The molecule has 2 atom stereocenters. The molecule has 0 aliphatic heterocycles. The van der Waals surface area contributed by atoms with Crippen molar-refractivity contribution in [1.82, 2.24) is 10.2 Å². The highest BCUT2D eigenvalue weighted by atomic mass is 16.5. The predicted molar refractivity (Wildman–Crippen MR) is 134 cm³/mol. The second kappa shape index (κ2) is 12.4. The Hall–Kier alpha value is -2.82. The van der Waals surface area contributed by atoms with Crippen LogP contribution < -0.4 is 10.1 Å². The first-order valence-corrected chi connectivity index (χ1v) is 12.0. The van der Waals surface area contributed by atoms with Crippen molar-refractivity contribution in [3.63, 3.8) is 0 Å². The molecule has 2 aromatic carbocycles. The third kappa shape index (κ3) is 8.23. The maximum atomic E-state index is 13.2. The number of rotatable bonds is 11. The van der Waals surface area contributed by atoms with Crippen molar-refractivity contribution in [1.29, 1.82) is 0 Å². The van der Waals surface area contributed by atoms with Crippen molar-refractivity contribution < 1.29 is 14.3 Å². The van der Waals surface area contributed by atoms with E-state index in [0.29, 0.717) is 25.1 Å². The topological polar surface area (TPSA) is 58.6 Å². The molecule has 2 unspecified atom stereocenters. The van der Waals surface area contributed by atoms with Gasteiger partial charge in [-0.3, -0.25) is 9.59 Å². The number of hydrogen-bond acceptors (Lipinski definition) is 3. The monoisotopic (exact) mass is 452 g/mol. The Balaban J connectivity index is 2.12. The lowest BCUT2D eigenvalue weighted by Gasteiger charge is -2.31. The fourth-order valence-electron chi connectivity index (χ4n) is 3.62. The van der Waals surface area contributed by atoms with Crippen LogP contribution in [0.5, 0.6) is 5.75 Å². The van der Waals surface area contributed by atoms with Crippen LogP contribution in [0.1, 0.15) is 65.5 Å². The van der Waals surface area contributed by atoms with Crippen LogP contribution in [0.3, 0.4) is 0 Å². The summed E-state index contributed by atoms with van der Waals surface area (Å²) in [6.45, 7) is 12.8. The summed E-state index contributed by atoms with van der Waals surface area (Å²) in [5.74, 6) is 0.358. The van der Waals surface area contributed by atoms with E-state index in [2.05, 4.69) is 26.1 Å². The van der Waals surface area contributed by atoms with Crippen molar-refractivity contribution in [2.24, 2.45) is 0 Å². The lowest BCUT2D eigenvalue weighted by atomic mass is 9.87. The average molecular weight is 453 g/mol. The Morgan fingerprint density at radius 3 is 2.15 bits per heavy atom. The summed E-state index contributed by atoms with van der Waals surface area (Å²) in [6, 6.07) is 17.4. The van der Waals surface area contributed by atoms with Gasteiger partial charge in [0.15, 0.2) is 6.61 Å². The lowest BCUT2D eigenvalue weighted by molar-refractivity contribution is -0.142. The van der Waals surface area contributed by atoms with Gasteiger partial charge in [0.05, 0.1) is 0 Å². The molecule has 0 aliphatic carbocycles. The summed E-state index contributed by atoms with van der Waals surface area (Å²) in [7, 11) is 0. The van der Waals surface area contributed by atoms with Crippen LogP contribution in [-0.2, 0) is 21.4 Å². The molecule has 1 N–H and O–H groups in total. The largest absolute Gasteiger partial charge is 0.484 e. The van der Waals surface area contributed by atoms with E-state index < -0.39 is 6.04 Å². The molecular formula is C28H40N2O3. The summed E-state index contributed by atoms with van der Waals surface area (Å²) in [5.41, 5.74) is 2.39. The first-order valence-electron chi connectivity index (χ1n) is 12.0. The maximum absolute atomic E-state index is 13.2. The Bertz CT molecular complexity index is 872. The minimum absolute atomic E-state index is 0.0555. The predicted octanol–water partition coefficient (Wildman–Crippen LogP) is 5.13. The van der Waals surface area contributed by atoms with Crippen LogP contribution in [-0.4, -0.2) is 41.9 Å². The van der Waals surface area contributed by atoms with Crippen LogP contribution >= 0.6 is 0 Å². The highest BCUT2D eigenvalue weighted by Crippen LogP contribution is 2.24. The number of amides is 2. The minimum Gasteiger partial charge on any atom is -0.484 e. The lowest BCUT2D eigenvalue weighted by Crippen LogP contribution is -2.52. The summed E-state index contributed by atoms with van der Waals surface area (Å²) < 4.78 is 5.82. The highest BCUT2D eigenvalue weighted by Gasteiger charge is 2.29. The number of carbonyl (C=O) groups excluding carboxylic acids is 2. The first kappa shape index (κ1) is 26.4. The molecule has 33 heavy (non-hydrogen) atoms. The van der Waals surface area contributed by atoms with Crippen molar-refractivity contribution in [3.8, 4) is 5.75 Å². The Kier molecular flexibility index (Phi) is 9.95. The summed E-state index contributed by atoms with van der Waals surface area (Å²) in [5, 5.41) is 3.03. The van der Waals surface area contributed by atoms with E-state index in [0.717, 1.165) is 12.0 Å².